The lowest BCUT2D eigenvalue weighted by Crippen LogP contribution is -2.19. The number of anilines is 1. The molecule has 1 aromatic carbocycles. The smallest absolute Gasteiger partial charge is 0.303 e. The number of hydrogen-bond donors (Lipinski definition) is 1. The van der Waals surface area contributed by atoms with Crippen LogP contribution in [0.4, 0.5) is 5.13 Å². The SMILES string of the molecule is CN(CCCC(=O)O)c1nc(-c2ccccc2)cs1. The van der Waals surface area contributed by atoms with Crippen molar-refractivity contribution >= 4 is 22.4 Å². The second kappa shape index (κ2) is 6.33. The van der Waals surface area contributed by atoms with Crippen molar-refractivity contribution in [2.24, 2.45) is 0 Å². The Bertz CT molecular complexity index is 539. The summed E-state index contributed by atoms with van der Waals surface area (Å²) in [5.41, 5.74) is 2.06. The van der Waals surface area contributed by atoms with Gasteiger partial charge in [-0.15, -0.1) is 11.3 Å². The lowest BCUT2D eigenvalue weighted by molar-refractivity contribution is -0.137. The Kier molecular flexibility index (Phi) is 4.52. The average Bonchev–Trinajstić information content (AvgIpc) is 2.89. The van der Waals surface area contributed by atoms with Gasteiger partial charge >= 0.3 is 5.97 Å². The Morgan fingerprint density at radius 1 is 1.37 bits per heavy atom. The fraction of sp³-hybridized carbons (Fsp3) is 0.286. The number of benzene rings is 1. The van der Waals surface area contributed by atoms with Crippen molar-refractivity contribution in [1.29, 1.82) is 0 Å². The molecule has 0 aliphatic heterocycles. The van der Waals surface area contributed by atoms with Gasteiger partial charge in [-0.1, -0.05) is 30.3 Å². The van der Waals surface area contributed by atoms with Crippen molar-refractivity contribution in [1.82, 2.24) is 4.98 Å². The molecule has 0 saturated heterocycles. The summed E-state index contributed by atoms with van der Waals surface area (Å²) in [5, 5.41) is 11.6. The quantitative estimate of drug-likeness (QED) is 0.880. The molecule has 0 atom stereocenters. The van der Waals surface area contributed by atoms with Crippen molar-refractivity contribution in [2.45, 2.75) is 12.8 Å². The van der Waals surface area contributed by atoms with Gasteiger partial charge in [-0.3, -0.25) is 4.79 Å². The highest BCUT2D eigenvalue weighted by atomic mass is 32.1. The predicted octanol–water partition coefficient (Wildman–Crippen LogP) is 3.11. The molecule has 0 saturated carbocycles. The monoisotopic (exact) mass is 276 g/mol. The molecule has 0 radical (unpaired) electrons. The molecule has 1 aromatic heterocycles. The van der Waals surface area contributed by atoms with E-state index in [0.29, 0.717) is 13.0 Å². The van der Waals surface area contributed by atoms with Gasteiger partial charge < -0.3 is 10.0 Å². The first-order chi connectivity index (χ1) is 9.16. The van der Waals surface area contributed by atoms with Crippen molar-refractivity contribution in [2.75, 3.05) is 18.5 Å². The van der Waals surface area contributed by atoms with Gasteiger partial charge in [0, 0.05) is 31.0 Å². The molecule has 1 heterocycles. The maximum absolute atomic E-state index is 10.5. The molecule has 0 unspecified atom stereocenters. The summed E-state index contributed by atoms with van der Waals surface area (Å²) >= 11 is 1.58. The van der Waals surface area contributed by atoms with E-state index in [4.69, 9.17) is 5.11 Å². The van der Waals surface area contributed by atoms with Crippen LogP contribution in [0.3, 0.4) is 0 Å². The molecular formula is C14H16N2O2S. The maximum atomic E-state index is 10.5. The third kappa shape index (κ3) is 3.79. The van der Waals surface area contributed by atoms with Crippen LogP contribution < -0.4 is 4.90 Å². The van der Waals surface area contributed by atoms with E-state index < -0.39 is 5.97 Å². The maximum Gasteiger partial charge on any atom is 0.303 e. The Labute approximate surface area is 116 Å². The topological polar surface area (TPSA) is 53.4 Å². The zero-order valence-corrected chi connectivity index (χ0v) is 11.6. The number of carboxylic acids is 1. The lowest BCUT2D eigenvalue weighted by atomic mass is 10.2. The average molecular weight is 276 g/mol. The van der Waals surface area contributed by atoms with Gasteiger partial charge in [0.1, 0.15) is 0 Å². The van der Waals surface area contributed by atoms with Crippen LogP contribution in [0.15, 0.2) is 35.7 Å². The van der Waals surface area contributed by atoms with E-state index >= 15 is 0 Å². The summed E-state index contributed by atoms with van der Waals surface area (Å²) in [6.45, 7) is 0.702. The molecule has 2 aromatic rings. The van der Waals surface area contributed by atoms with Crippen molar-refractivity contribution in [3.05, 3.63) is 35.7 Å². The van der Waals surface area contributed by atoms with E-state index in [9.17, 15) is 4.79 Å². The molecule has 4 nitrogen and oxygen atoms in total. The van der Waals surface area contributed by atoms with Gasteiger partial charge in [0.05, 0.1) is 5.69 Å². The zero-order chi connectivity index (χ0) is 13.7. The van der Waals surface area contributed by atoms with E-state index in [0.717, 1.165) is 16.4 Å². The molecule has 100 valence electrons. The lowest BCUT2D eigenvalue weighted by Gasteiger charge is -2.14. The molecule has 1 N–H and O–H groups in total. The summed E-state index contributed by atoms with van der Waals surface area (Å²) in [6.07, 6.45) is 0.827. The molecule has 2 rings (SSSR count). The molecule has 0 aliphatic carbocycles. The largest absolute Gasteiger partial charge is 0.481 e. The molecule has 0 amide bonds. The van der Waals surface area contributed by atoms with Gasteiger partial charge in [0.2, 0.25) is 0 Å². The van der Waals surface area contributed by atoms with Crippen molar-refractivity contribution < 1.29 is 9.90 Å². The molecule has 5 heteroatoms. The van der Waals surface area contributed by atoms with Crippen LogP contribution in [0.25, 0.3) is 11.3 Å². The standard InChI is InChI=1S/C14H16N2O2S/c1-16(9-5-8-13(17)18)14-15-12(10-19-14)11-6-3-2-4-7-11/h2-4,6-7,10H,5,8-9H2,1H3,(H,17,18). The first kappa shape index (κ1) is 13.5. The van der Waals surface area contributed by atoms with E-state index in [1.54, 1.807) is 11.3 Å². The van der Waals surface area contributed by atoms with E-state index in [1.807, 2.05) is 47.7 Å². The molecule has 0 bridgehead atoms. The van der Waals surface area contributed by atoms with Crippen LogP contribution in [0.2, 0.25) is 0 Å². The van der Waals surface area contributed by atoms with Crippen molar-refractivity contribution in [3.63, 3.8) is 0 Å². The zero-order valence-electron chi connectivity index (χ0n) is 10.7. The van der Waals surface area contributed by atoms with Gasteiger partial charge in [-0.2, -0.15) is 0 Å². The summed E-state index contributed by atoms with van der Waals surface area (Å²) in [7, 11) is 1.94. The summed E-state index contributed by atoms with van der Waals surface area (Å²) in [4.78, 5) is 17.1. The van der Waals surface area contributed by atoms with Crippen LogP contribution >= 0.6 is 11.3 Å². The number of rotatable bonds is 6. The predicted molar refractivity (Wildman–Crippen MR) is 77.7 cm³/mol. The Balaban J connectivity index is 1.99. The van der Waals surface area contributed by atoms with Crippen LogP contribution in [-0.4, -0.2) is 29.7 Å². The second-order valence-corrected chi connectivity index (χ2v) is 5.14. The van der Waals surface area contributed by atoms with Gasteiger partial charge in [-0.25, -0.2) is 4.98 Å². The number of nitrogens with zero attached hydrogens (tertiary/aromatic N) is 2. The highest BCUT2D eigenvalue weighted by molar-refractivity contribution is 7.14. The fourth-order valence-electron chi connectivity index (χ4n) is 1.74. The molecule has 19 heavy (non-hydrogen) atoms. The summed E-state index contributed by atoms with van der Waals surface area (Å²) in [5.74, 6) is -0.752. The number of carboxylic acid groups (broad SMARTS) is 1. The molecule has 0 aliphatic rings. The second-order valence-electron chi connectivity index (χ2n) is 4.30. The Hall–Kier alpha value is -1.88. The van der Waals surface area contributed by atoms with Crippen LogP contribution in [0, 0.1) is 0 Å². The minimum absolute atomic E-state index is 0.196. The van der Waals surface area contributed by atoms with Gasteiger partial charge in [0.15, 0.2) is 5.13 Å². The number of hydrogen-bond acceptors (Lipinski definition) is 4. The van der Waals surface area contributed by atoms with Crippen LogP contribution in [0.5, 0.6) is 0 Å². The summed E-state index contributed by atoms with van der Waals surface area (Å²) in [6, 6.07) is 10.0. The first-order valence-electron chi connectivity index (χ1n) is 6.10. The Morgan fingerprint density at radius 2 is 2.11 bits per heavy atom. The van der Waals surface area contributed by atoms with Crippen LogP contribution in [0.1, 0.15) is 12.8 Å². The van der Waals surface area contributed by atoms with Crippen LogP contribution in [-0.2, 0) is 4.79 Å². The third-order valence-electron chi connectivity index (χ3n) is 2.77. The normalized spacial score (nSPS) is 10.4. The van der Waals surface area contributed by atoms with Crippen molar-refractivity contribution in [3.8, 4) is 11.3 Å². The molecule has 0 spiro atoms. The fourth-order valence-corrected chi connectivity index (χ4v) is 2.57. The van der Waals surface area contributed by atoms with Gasteiger partial charge in [0.25, 0.3) is 0 Å². The van der Waals surface area contributed by atoms with E-state index in [-0.39, 0.29) is 6.42 Å². The van der Waals surface area contributed by atoms with E-state index in [1.165, 1.54) is 0 Å². The number of aromatic nitrogens is 1. The summed E-state index contributed by atoms with van der Waals surface area (Å²) < 4.78 is 0. The first-order valence-corrected chi connectivity index (χ1v) is 6.98. The highest BCUT2D eigenvalue weighted by Crippen LogP contribution is 2.26. The van der Waals surface area contributed by atoms with E-state index in [2.05, 4.69) is 4.98 Å². The molecular weight excluding hydrogens is 260 g/mol. The Morgan fingerprint density at radius 3 is 2.79 bits per heavy atom. The number of carbonyl (C=O) groups is 1. The third-order valence-corrected chi connectivity index (χ3v) is 3.73. The highest BCUT2D eigenvalue weighted by Gasteiger charge is 2.08. The number of aliphatic carboxylic acids is 1. The molecule has 0 fully saturated rings. The minimum atomic E-state index is -0.752. The van der Waals surface area contributed by atoms with Gasteiger partial charge in [-0.05, 0) is 6.42 Å². The minimum Gasteiger partial charge on any atom is -0.481 e. The number of thiazole rings is 1.